The van der Waals surface area contributed by atoms with Crippen molar-refractivity contribution in [1.29, 1.82) is 5.26 Å². The molecule has 0 bridgehead atoms. The Morgan fingerprint density at radius 3 is 2.89 bits per heavy atom. The first kappa shape index (κ1) is 13.5. The van der Waals surface area contributed by atoms with Crippen LogP contribution in [-0.4, -0.2) is 29.4 Å². The summed E-state index contributed by atoms with van der Waals surface area (Å²) in [6.45, 7) is 5.28. The highest BCUT2D eigenvalue weighted by Crippen LogP contribution is 2.17. The van der Waals surface area contributed by atoms with Gasteiger partial charge < -0.3 is 10.2 Å². The van der Waals surface area contributed by atoms with E-state index in [-0.39, 0.29) is 11.5 Å². The smallest absolute Gasteiger partial charge is 0.242 e. The van der Waals surface area contributed by atoms with Crippen LogP contribution in [0.1, 0.15) is 25.0 Å². The number of nitriles is 1. The van der Waals surface area contributed by atoms with E-state index < -0.39 is 11.4 Å². The predicted octanol–water partition coefficient (Wildman–Crippen LogP) is 1.41. The van der Waals surface area contributed by atoms with Crippen molar-refractivity contribution in [3.05, 3.63) is 35.1 Å². The number of amides is 1. The molecule has 0 radical (unpaired) electrons. The number of carbonyl (C=O) groups excluding carboxylic acids is 1. The van der Waals surface area contributed by atoms with Gasteiger partial charge in [0, 0.05) is 19.6 Å². The van der Waals surface area contributed by atoms with Gasteiger partial charge >= 0.3 is 0 Å². The molecular formula is C14H16FN3O. The molecule has 0 aliphatic carbocycles. The standard InChI is InChI=1S/C14H16FN3O/c1-14(2)13(19)18(4-3-17-14)9-11-5-10(8-16)6-12(15)7-11/h5-7,17H,3-4,9H2,1-2H3. The average Bonchev–Trinajstić information content (AvgIpc) is 2.34. The first-order chi connectivity index (χ1) is 8.92. The molecule has 1 aromatic carbocycles. The number of nitrogens with zero attached hydrogens (tertiary/aromatic N) is 2. The third-order valence-electron chi connectivity index (χ3n) is 3.23. The second-order valence-electron chi connectivity index (χ2n) is 5.24. The molecule has 0 atom stereocenters. The number of hydrogen-bond acceptors (Lipinski definition) is 3. The summed E-state index contributed by atoms with van der Waals surface area (Å²) in [7, 11) is 0. The number of nitrogens with one attached hydrogen (secondary N) is 1. The van der Waals surface area contributed by atoms with Gasteiger partial charge in [0.05, 0.1) is 17.2 Å². The van der Waals surface area contributed by atoms with Gasteiger partial charge in [0.25, 0.3) is 0 Å². The molecular weight excluding hydrogens is 245 g/mol. The van der Waals surface area contributed by atoms with Crippen LogP contribution in [-0.2, 0) is 11.3 Å². The molecule has 1 saturated heterocycles. The maximum atomic E-state index is 13.4. The summed E-state index contributed by atoms with van der Waals surface area (Å²) in [5.41, 5.74) is 0.323. The topological polar surface area (TPSA) is 56.1 Å². The fourth-order valence-corrected chi connectivity index (χ4v) is 2.25. The molecule has 19 heavy (non-hydrogen) atoms. The minimum Gasteiger partial charge on any atom is -0.336 e. The van der Waals surface area contributed by atoms with Gasteiger partial charge in [-0.3, -0.25) is 4.79 Å². The molecule has 1 aromatic rings. The van der Waals surface area contributed by atoms with Crippen molar-refractivity contribution >= 4 is 5.91 Å². The van der Waals surface area contributed by atoms with E-state index in [9.17, 15) is 9.18 Å². The van der Waals surface area contributed by atoms with Crippen LogP contribution in [0.15, 0.2) is 18.2 Å². The highest BCUT2D eigenvalue weighted by molar-refractivity contribution is 5.86. The van der Waals surface area contributed by atoms with Gasteiger partial charge in [-0.05, 0) is 37.6 Å². The van der Waals surface area contributed by atoms with E-state index >= 15 is 0 Å². The summed E-state index contributed by atoms with van der Waals surface area (Å²) < 4.78 is 13.4. The van der Waals surface area contributed by atoms with Crippen molar-refractivity contribution in [2.45, 2.75) is 25.9 Å². The molecule has 5 heteroatoms. The fraction of sp³-hybridized carbons (Fsp3) is 0.429. The van der Waals surface area contributed by atoms with Gasteiger partial charge in [0.15, 0.2) is 0 Å². The van der Waals surface area contributed by atoms with Gasteiger partial charge in [-0.25, -0.2) is 4.39 Å². The lowest BCUT2D eigenvalue weighted by Crippen LogP contribution is -2.60. The molecule has 1 N–H and O–H groups in total. The largest absolute Gasteiger partial charge is 0.336 e. The number of benzene rings is 1. The first-order valence-corrected chi connectivity index (χ1v) is 6.16. The van der Waals surface area contributed by atoms with Gasteiger partial charge in [-0.2, -0.15) is 5.26 Å². The summed E-state index contributed by atoms with van der Waals surface area (Å²) in [4.78, 5) is 13.9. The van der Waals surface area contributed by atoms with E-state index in [1.54, 1.807) is 11.0 Å². The highest BCUT2D eigenvalue weighted by atomic mass is 19.1. The molecule has 1 aliphatic heterocycles. The van der Waals surface area contributed by atoms with Gasteiger partial charge in [-0.15, -0.1) is 0 Å². The lowest BCUT2D eigenvalue weighted by atomic mass is 10.00. The summed E-state index contributed by atoms with van der Waals surface area (Å²) in [5.74, 6) is -0.461. The molecule has 1 heterocycles. The fourth-order valence-electron chi connectivity index (χ4n) is 2.25. The summed E-state index contributed by atoms with van der Waals surface area (Å²) in [6.07, 6.45) is 0. The summed E-state index contributed by atoms with van der Waals surface area (Å²) in [5, 5.41) is 12.0. The Kier molecular flexibility index (Phi) is 3.54. The molecule has 1 fully saturated rings. The SMILES string of the molecule is CC1(C)NCCN(Cc2cc(F)cc(C#N)c2)C1=O. The average molecular weight is 261 g/mol. The van der Waals surface area contributed by atoms with Crippen LogP contribution in [0.3, 0.4) is 0 Å². The third kappa shape index (κ3) is 2.91. The van der Waals surface area contributed by atoms with E-state index in [4.69, 9.17) is 5.26 Å². The van der Waals surface area contributed by atoms with Crippen LogP contribution in [0.4, 0.5) is 4.39 Å². The van der Waals surface area contributed by atoms with Crippen molar-refractivity contribution in [2.24, 2.45) is 0 Å². The molecule has 2 rings (SSSR count). The normalized spacial score (nSPS) is 18.2. The lowest BCUT2D eigenvalue weighted by Gasteiger charge is -2.38. The van der Waals surface area contributed by atoms with Crippen molar-refractivity contribution in [3.8, 4) is 6.07 Å². The molecule has 0 aromatic heterocycles. The van der Waals surface area contributed by atoms with Crippen molar-refractivity contribution < 1.29 is 9.18 Å². The van der Waals surface area contributed by atoms with E-state index in [1.165, 1.54) is 12.1 Å². The number of carbonyl (C=O) groups is 1. The number of hydrogen-bond donors (Lipinski definition) is 1. The Morgan fingerprint density at radius 1 is 1.47 bits per heavy atom. The van der Waals surface area contributed by atoms with E-state index in [1.807, 2.05) is 19.9 Å². The molecule has 1 aliphatic rings. The zero-order valence-electron chi connectivity index (χ0n) is 11.0. The van der Waals surface area contributed by atoms with E-state index in [0.717, 1.165) is 0 Å². The minimum atomic E-state index is -0.594. The number of rotatable bonds is 2. The van der Waals surface area contributed by atoms with Crippen LogP contribution >= 0.6 is 0 Å². The molecule has 0 saturated carbocycles. The molecule has 4 nitrogen and oxygen atoms in total. The molecule has 100 valence electrons. The lowest BCUT2D eigenvalue weighted by molar-refractivity contribution is -0.140. The minimum absolute atomic E-state index is 0.0125. The summed E-state index contributed by atoms with van der Waals surface area (Å²) in [6, 6.07) is 6.09. The highest BCUT2D eigenvalue weighted by Gasteiger charge is 2.35. The second kappa shape index (κ2) is 4.98. The Morgan fingerprint density at radius 2 is 2.21 bits per heavy atom. The van der Waals surface area contributed by atoms with Crippen molar-refractivity contribution in [3.63, 3.8) is 0 Å². The van der Waals surface area contributed by atoms with E-state index in [0.29, 0.717) is 25.2 Å². The number of halogens is 1. The van der Waals surface area contributed by atoms with Crippen molar-refractivity contribution in [2.75, 3.05) is 13.1 Å². The number of piperazine rings is 1. The zero-order valence-corrected chi connectivity index (χ0v) is 11.0. The zero-order chi connectivity index (χ0) is 14.0. The molecule has 0 spiro atoms. The first-order valence-electron chi connectivity index (χ1n) is 6.16. The Hall–Kier alpha value is -1.93. The van der Waals surface area contributed by atoms with Gasteiger partial charge in [-0.1, -0.05) is 0 Å². The quantitative estimate of drug-likeness (QED) is 0.875. The Bertz CT molecular complexity index is 548. The van der Waals surface area contributed by atoms with Crippen LogP contribution in [0.2, 0.25) is 0 Å². The Labute approximate surface area is 111 Å². The molecule has 1 amide bonds. The van der Waals surface area contributed by atoms with E-state index in [2.05, 4.69) is 5.32 Å². The maximum absolute atomic E-state index is 13.4. The monoisotopic (exact) mass is 261 g/mol. The van der Waals surface area contributed by atoms with Crippen LogP contribution in [0.25, 0.3) is 0 Å². The van der Waals surface area contributed by atoms with Crippen LogP contribution < -0.4 is 5.32 Å². The third-order valence-corrected chi connectivity index (χ3v) is 3.23. The Balaban J connectivity index is 2.19. The second-order valence-corrected chi connectivity index (χ2v) is 5.24. The van der Waals surface area contributed by atoms with Gasteiger partial charge in [0.1, 0.15) is 5.82 Å². The van der Waals surface area contributed by atoms with Crippen LogP contribution in [0.5, 0.6) is 0 Å². The van der Waals surface area contributed by atoms with Crippen LogP contribution in [0, 0.1) is 17.1 Å². The van der Waals surface area contributed by atoms with Crippen molar-refractivity contribution in [1.82, 2.24) is 10.2 Å². The molecule has 0 unspecified atom stereocenters. The predicted molar refractivity (Wildman–Crippen MR) is 68.6 cm³/mol. The summed E-state index contributed by atoms with van der Waals surface area (Å²) >= 11 is 0. The maximum Gasteiger partial charge on any atom is 0.242 e. The van der Waals surface area contributed by atoms with Gasteiger partial charge in [0.2, 0.25) is 5.91 Å².